The summed E-state index contributed by atoms with van der Waals surface area (Å²) in [5.74, 6) is 0.258. The summed E-state index contributed by atoms with van der Waals surface area (Å²) in [7, 11) is -2.62. The van der Waals surface area contributed by atoms with Gasteiger partial charge in [0.2, 0.25) is 16.0 Å². The standard InChI is InChI=1S/C18H21ClN4O4S/c1-27-17(24)14-3-4-15(19)16(11-14)28(25,26)22-12-13-5-9-23(10-6-13)18-20-7-2-8-21-18/h2-4,7-8,11,13,22H,5-6,9-10,12H2,1H3. The van der Waals surface area contributed by atoms with Crippen molar-refractivity contribution in [1.82, 2.24) is 14.7 Å². The van der Waals surface area contributed by atoms with E-state index in [1.807, 2.05) is 0 Å². The van der Waals surface area contributed by atoms with E-state index in [4.69, 9.17) is 11.6 Å². The van der Waals surface area contributed by atoms with Crippen LogP contribution in [0.2, 0.25) is 5.02 Å². The van der Waals surface area contributed by atoms with Crippen molar-refractivity contribution in [1.29, 1.82) is 0 Å². The minimum Gasteiger partial charge on any atom is -0.465 e. The van der Waals surface area contributed by atoms with Crippen molar-refractivity contribution >= 4 is 33.5 Å². The molecule has 3 rings (SSSR count). The third kappa shape index (κ3) is 4.78. The van der Waals surface area contributed by atoms with E-state index < -0.39 is 16.0 Å². The minimum atomic E-state index is -3.85. The number of halogens is 1. The van der Waals surface area contributed by atoms with Crippen molar-refractivity contribution in [2.75, 3.05) is 31.6 Å². The molecule has 1 aromatic heterocycles. The van der Waals surface area contributed by atoms with Gasteiger partial charge in [0.1, 0.15) is 4.90 Å². The maximum atomic E-state index is 12.7. The summed E-state index contributed by atoms with van der Waals surface area (Å²) in [6.45, 7) is 1.81. The number of nitrogens with zero attached hydrogens (tertiary/aromatic N) is 3. The van der Waals surface area contributed by atoms with Gasteiger partial charge < -0.3 is 9.64 Å². The molecule has 0 atom stereocenters. The molecule has 0 radical (unpaired) electrons. The number of nitrogens with one attached hydrogen (secondary N) is 1. The van der Waals surface area contributed by atoms with Crippen molar-refractivity contribution in [2.24, 2.45) is 5.92 Å². The third-order valence-corrected chi connectivity index (χ3v) is 6.56. The van der Waals surface area contributed by atoms with Gasteiger partial charge in [-0.15, -0.1) is 0 Å². The number of carbonyl (C=O) groups is 1. The van der Waals surface area contributed by atoms with Gasteiger partial charge in [-0.05, 0) is 43.0 Å². The number of hydrogen-bond donors (Lipinski definition) is 1. The zero-order valence-electron chi connectivity index (χ0n) is 15.3. The third-order valence-electron chi connectivity index (χ3n) is 4.65. The number of methoxy groups -OCH3 is 1. The predicted molar refractivity (Wildman–Crippen MR) is 105 cm³/mol. The zero-order valence-corrected chi connectivity index (χ0v) is 16.9. The van der Waals surface area contributed by atoms with Crippen LogP contribution in [0.3, 0.4) is 0 Å². The molecule has 0 bridgehead atoms. The maximum Gasteiger partial charge on any atom is 0.337 e. The number of carbonyl (C=O) groups excluding carboxylic acids is 1. The van der Waals surface area contributed by atoms with Crippen LogP contribution in [0.4, 0.5) is 5.95 Å². The van der Waals surface area contributed by atoms with Gasteiger partial charge >= 0.3 is 5.97 Å². The first-order valence-corrected chi connectivity index (χ1v) is 10.7. The molecular weight excluding hydrogens is 404 g/mol. The quantitative estimate of drug-likeness (QED) is 0.708. The molecule has 1 fully saturated rings. The molecule has 8 nitrogen and oxygen atoms in total. The zero-order chi connectivity index (χ0) is 20.1. The lowest BCUT2D eigenvalue weighted by Crippen LogP contribution is -2.39. The fraction of sp³-hybridized carbons (Fsp3) is 0.389. The average Bonchev–Trinajstić information content (AvgIpc) is 2.73. The Morgan fingerprint density at radius 2 is 1.96 bits per heavy atom. The molecule has 1 aromatic carbocycles. The number of rotatable bonds is 6. The van der Waals surface area contributed by atoms with Gasteiger partial charge in [0.15, 0.2) is 0 Å². The molecule has 0 spiro atoms. The van der Waals surface area contributed by atoms with Crippen molar-refractivity contribution in [3.05, 3.63) is 47.2 Å². The summed E-state index contributed by atoms with van der Waals surface area (Å²) in [6.07, 6.45) is 5.04. The van der Waals surface area contributed by atoms with Gasteiger partial charge in [-0.2, -0.15) is 0 Å². The molecule has 1 saturated heterocycles. The molecule has 1 aliphatic rings. The van der Waals surface area contributed by atoms with Crippen LogP contribution in [0, 0.1) is 5.92 Å². The summed E-state index contributed by atoms with van der Waals surface area (Å²) in [5, 5.41) is 0.0520. The minimum absolute atomic E-state index is 0.0520. The highest BCUT2D eigenvalue weighted by Gasteiger charge is 2.25. The second-order valence-corrected chi connectivity index (χ2v) is 8.61. The van der Waals surface area contributed by atoms with E-state index in [0.29, 0.717) is 12.5 Å². The van der Waals surface area contributed by atoms with E-state index in [1.54, 1.807) is 18.5 Å². The van der Waals surface area contributed by atoms with Gasteiger partial charge in [0.25, 0.3) is 0 Å². The molecule has 10 heteroatoms. The number of sulfonamides is 1. The summed E-state index contributed by atoms with van der Waals surface area (Å²) < 4.78 is 32.6. The van der Waals surface area contributed by atoms with Crippen LogP contribution in [0.1, 0.15) is 23.2 Å². The van der Waals surface area contributed by atoms with E-state index in [1.165, 1.54) is 25.3 Å². The fourth-order valence-electron chi connectivity index (χ4n) is 3.05. The number of anilines is 1. The monoisotopic (exact) mass is 424 g/mol. The van der Waals surface area contributed by atoms with Crippen LogP contribution in [0.15, 0.2) is 41.6 Å². The Hall–Kier alpha value is -2.23. The fourth-order valence-corrected chi connectivity index (χ4v) is 4.69. The lowest BCUT2D eigenvalue weighted by molar-refractivity contribution is 0.0600. The highest BCUT2D eigenvalue weighted by molar-refractivity contribution is 7.89. The highest BCUT2D eigenvalue weighted by atomic mass is 35.5. The summed E-state index contributed by atoms with van der Waals surface area (Å²) >= 11 is 6.05. The molecule has 1 aliphatic heterocycles. The largest absolute Gasteiger partial charge is 0.465 e. The number of ether oxygens (including phenoxy) is 1. The maximum absolute atomic E-state index is 12.7. The molecule has 1 N–H and O–H groups in total. The summed E-state index contributed by atoms with van der Waals surface area (Å²) in [4.78, 5) is 22.1. The lowest BCUT2D eigenvalue weighted by Gasteiger charge is -2.31. The Bertz CT molecular complexity index is 932. The lowest BCUT2D eigenvalue weighted by atomic mass is 9.97. The van der Waals surface area contributed by atoms with Crippen molar-refractivity contribution < 1.29 is 17.9 Å². The Kier molecular flexibility index (Phi) is 6.48. The van der Waals surface area contributed by atoms with E-state index in [-0.39, 0.29) is 21.4 Å². The molecule has 0 amide bonds. The van der Waals surface area contributed by atoms with E-state index in [2.05, 4.69) is 24.3 Å². The summed E-state index contributed by atoms with van der Waals surface area (Å²) in [6, 6.07) is 5.80. The molecular formula is C18H21ClN4O4S. The normalized spacial score (nSPS) is 15.4. The van der Waals surface area contributed by atoms with Gasteiger partial charge in [0.05, 0.1) is 17.7 Å². The van der Waals surface area contributed by atoms with Crippen molar-refractivity contribution in [2.45, 2.75) is 17.7 Å². The van der Waals surface area contributed by atoms with Crippen LogP contribution in [-0.4, -0.2) is 51.1 Å². The van der Waals surface area contributed by atoms with Crippen LogP contribution < -0.4 is 9.62 Å². The molecule has 2 aromatic rings. The van der Waals surface area contributed by atoms with Crippen LogP contribution in [0.5, 0.6) is 0 Å². The smallest absolute Gasteiger partial charge is 0.337 e. The first-order valence-electron chi connectivity index (χ1n) is 8.80. The molecule has 2 heterocycles. The van der Waals surface area contributed by atoms with Crippen molar-refractivity contribution in [3.63, 3.8) is 0 Å². The Balaban J connectivity index is 1.61. The predicted octanol–water partition coefficient (Wildman–Crippen LogP) is 2.11. The van der Waals surface area contributed by atoms with E-state index >= 15 is 0 Å². The average molecular weight is 425 g/mol. The number of benzene rings is 1. The number of aromatic nitrogens is 2. The number of piperidine rings is 1. The molecule has 150 valence electrons. The first kappa shape index (κ1) is 20.5. The van der Waals surface area contributed by atoms with Crippen LogP contribution in [0.25, 0.3) is 0 Å². The number of hydrogen-bond acceptors (Lipinski definition) is 7. The Labute approximate surface area is 168 Å². The Morgan fingerprint density at radius 3 is 2.61 bits per heavy atom. The van der Waals surface area contributed by atoms with Crippen molar-refractivity contribution in [3.8, 4) is 0 Å². The topological polar surface area (TPSA) is 101 Å². The van der Waals surface area contributed by atoms with Gasteiger partial charge in [0, 0.05) is 32.0 Å². The van der Waals surface area contributed by atoms with Crippen LogP contribution >= 0.6 is 11.6 Å². The molecule has 0 saturated carbocycles. The first-order chi connectivity index (χ1) is 13.4. The summed E-state index contributed by atoms with van der Waals surface area (Å²) in [5.41, 5.74) is 0.128. The van der Waals surface area contributed by atoms with E-state index in [9.17, 15) is 13.2 Å². The SMILES string of the molecule is COC(=O)c1ccc(Cl)c(S(=O)(=O)NCC2CCN(c3ncccn3)CC2)c1. The van der Waals surface area contributed by atoms with Crippen LogP contribution in [-0.2, 0) is 14.8 Å². The second-order valence-electron chi connectivity index (χ2n) is 6.47. The van der Waals surface area contributed by atoms with E-state index in [0.717, 1.165) is 25.9 Å². The molecule has 0 unspecified atom stereocenters. The van der Waals surface area contributed by atoms with Gasteiger partial charge in [-0.1, -0.05) is 11.6 Å². The van der Waals surface area contributed by atoms with Gasteiger partial charge in [-0.25, -0.2) is 27.9 Å². The molecule has 0 aliphatic carbocycles. The molecule has 28 heavy (non-hydrogen) atoms. The Morgan fingerprint density at radius 1 is 1.29 bits per heavy atom. The van der Waals surface area contributed by atoms with Gasteiger partial charge in [-0.3, -0.25) is 0 Å². The highest BCUT2D eigenvalue weighted by Crippen LogP contribution is 2.24. The number of esters is 1. The second kappa shape index (κ2) is 8.85.